The van der Waals surface area contributed by atoms with E-state index in [1.807, 2.05) is 0 Å². The van der Waals surface area contributed by atoms with E-state index in [0.29, 0.717) is 0 Å². The topological polar surface area (TPSA) is 8.17 Å². The molecule has 0 aliphatic heterocycles. The van der Waals surface area contributed by atoms with Crippen molar-refractivity contribution >= 4 is 16.5 Å². The molecule has 30 heavy (non-hydrogen) atoms. The highest BCUT2D eigenvalue weighted by Crippen LogP contribution is 2.33. The number of fused-ring (bicyclic) bond motifs is 1. The van der Waals surface area contributed by atoms with Crippen LogP contribution in [0.1, 0.15) is 49.7 Å². The zero-order chi connectivity index (χ0) is 20.9. The average molecular weight is 401 g/mol. The van der Waals surface area contributed by atoms with Crippen molar-refractivity contribution in [2.75, 3.05) is 13.6 Å². The van der Waals surface area contributed by atoms with Gasteiger partial charge in [-0.15, -0.1) is 0 Å². The number of benzene rings is 2. The van der Waals surface area contributed by atoms with Crippen LogP contribution >= 0.6 is 0 Å². The van der Waals surface area contributed by atoms with Crippen molar-refractivity contribution < 1.29 is 0 Å². The lowest BCUT2D eigenvalue weighted by atomic mass is 9.80. The first-order chi connectivity index (χ1) is 14.6. The summed E-state index contributed by atoms with van der Waals surface area (Å²) in [6.45, 7) is 8.87. The molecule has 2 unspecified atom stereocenters. The summed E-state index contributed by atoms with van der Waals surface area (Å²) in [7, 11) is 2.33. The SMILES string of the molecule is C=C(CC1CCCC(N(C)CCCn2cc(C)c3ccccc32)C1)c1ccccc1. The van der Waals surface area contributed by atoms with Crippen LogP contribution in [0.25, 0.3) is 16.5 Å². The fourth-order valence-corrected chi connectivity index (χ4v) is 5.28. The predicted molar refractivity (Wildman–Crippen MR) is 130 cm³/mol. The number of hydrogen-bond acceptors (Lipinski definition) is 1. The van der Waals surface area contributed by atoms with E-state index in [1.165, 1.54) is 66.3 Å². The van der Waals surface area contributed by atoms with E-state index in [1.54, 1.807) is 0 Å². The summed E-state index contributed by atoms with van der Waals surface area (Å²) in [4.78, 5) is 2.62. The van der Waals surface area contributed by atoms with Crippen LogP contribution in [0.4, 0.5) is 0 Å². The maximum atomic E-state index is 4.38. The Bertz CT molecular complexity index is 969. The molecule has 2 aromatic carbocycles. The van der Waals surface area contributed by atoms with E-state index in [2.05, 4.69) is 90.8 Å². The van der Waals surface area contributed by atoms with Gasteiger partial charge in [0.1, 0.15) is 0 Å². The highest BCUT2D eigenvalue weighted by Gasteiger charge is 2.25. The second kappa shape index (κ2) is 9.66. The fourth-order valence-electron chi connectivity index (χ4n) is 5.28. The maximum absolute atomic E-state index is 4.38. The minimum atomic E-state index is 0.718. The van der Waals surface area contributed by atoms with Gasteiger partial charge in [-0.05, 0) is 74.9 Å². The Balaban J connectivity index is 1.28. The Hall–Kier alpha value is -2.32. The lowest BCUT2D eigenvalue weighted by molar-refractivity contribution is 0.156. The van der Waals surface area contributed by atoms with Crippen LogP contribution in [-0.4, -0.2) is 29.1 Å². The normalized spacial score (nSPS) is 19.4. The van der Waals surface area contributed by atoms with Crippen LogP contribution in [0.2, 0.25) is 0 Å². The zero-order valence-corrected chi connectivity index (χ0v) is 18.7. The quantitative estimate of drug-likeness (QED) is 0.398. The molecule has 158 valence electrons. The molecule has 0 bridgehead atoms. The monoisotopic (exact) mass is 400 g/mol. The van der Waals surface area contributed by atoms with Gasteiger partial charge in [0.05, 0.1) is 0 Å². The van der Waals surface area contributed by atoms with Gasteiger partial charge in [0.2, 0.25) is 0 Å². The summed E-state index contributed by atoms with van der Waals surface area (Å²) in [6, 6.07) is 20.2. The molecule has 3 aromatic rings. The standard InChI is InChI=1S/C28H36N2/c1-22(25-12-5-4-6-13-25)19-24-11-9-14-26(20-24)29(3)17-10-18-30-21-23(2)27-15-7-8-16-28(27)30/h4-8,12-13,15-16,21,24,26H,1,9-11,14,17-20H2,2-3H3. The van der Waals surface area contributed by atoms with Gasteiger partial charge >= 0.3 is 0 Å². The van der Waals surface area contributed by atoms with Crippen LogP contribution in [-0.2, 0) is 6.54 Å². The molecule has 1 aromatic heterocycles. The van der Waals surface area contributed by atoms with Gasteiger partial charge in [-0.25, -0.2) is 0 Å². The summed E-state index contributed by atoms with van der Waals surface area (Å²) in [6.07, 6.45) is 10.0. The molecule has 0 radical (unpaired) electrons. The number of aryl methyl sites for hydroxylation is 2. The lowest BCUT2D eigenvalue weighted by Crippen LogP contribution is -2.37. The van der Waals surface area contributed by atoms with Crippen molar-refractivity contribution in [2.45, 2.75) is 58.0 Å². The van der Waals surface area contributed by atoms with Crippen LogP contribution < -0.4 is 0 Å². The minimum absolute atomic E-state index is 0.718. The number of aromatic nitrogens is 1. The highest BCUT2D eigenvalue weighted by atomic mass is 15.1. The first-order valence-corrected chi connectivity index (χ1v) is 11.6. The van der Waals surface area contributed by atoms with Crippen LogP contribution in [0, 0.1) is 12.8 Å². The highest BCUT2D eigenvalue weighted by molar-refractivity contribution is 5.83. The van der Waals surface area contributed by atoms with E-state index in [4.69, 9.17) is 0 Å². The Morgan fingerprint density at radius 3 is 2.67 bits per heavy atom. The molecule has 1 heterocycles. The van der Waals surface area contributed by atoms with E-state index < -0.39 is 0 Å². The van der Waals surface area contributed by atoms with Crippen molar-refractivity contribution in [3.63, 3.8) is 0 Å². The molecule has 1 aliphatic carbocycles. The van der Waals surface area contributed by atoms with Gasteiger partial charge < -0.3 is 9.47 Å². The number of allylic oxidation sites excluding steroid dienone is 1. The molecule has 2 heteroatoms. The molecule has 0 saturated heterocycles. The second-order valence-electron chi connectivity index (χ2n) is 9.22. The van der Waals surface area contributed by atoms with Gasteiger partial charge in [0.15, 0.2) is 0 Å². The number of para-hydroxylation sites is 1. The van der Waals surface area contributed by atoms with E-state index in [-0.39, 0.29) is 0 Å². The van der Waals surface area contributed by atoms with Crippen molar-refractivity contribution in [3.8, 4) is 0 Å². The molecule has 0 amide bonds. The summed E-state index contributed by atoms with van der Waals surface area (Å²) in [5.74, 6) is 0.773. The molecule has 0 spiro atoms. The van der Waals surface area contributed by atoms with E-state index >= 15 is 0 Å². The van der Waals surface area contributed by atoms with Crippen molar-refractivity contribution in [1.29, 1.82) is 0 Å². The summed E-state index contributed by atoms with van der Waals surface area (Å²) in [5, 5.41) is 1.39. The average Bonchev–Trinajstić information content (AvgIpc) is 3.10. The lowest BCUT2D eigenvalue weighted by Gasteiger charge is -2.36. The smallest absolute Gasteiger partial charge is 0.0483 e. The van der Waals surface area contributed by atoms with E-state index in [0.717, 1.165) is 24.9 Å². The third-order valence-electron chi connectivity index (χ3n) is 6.99. The molecule has 4 rings (SSSR count). The minimum Gasteiger partial charge on any atom is -0.347 e. The van der Waals surface area contributed by atoms with Gasteiger partial charge in [-0.1, -0.05) is 68.0 Å². The number of rotatable bonds is 8. The summed E-state index contributed by atoms with van der Waals surface area (Å²) < 4.78 is 2.44. The third-order valence-corrected chi connectivity index (χ3v) is 6.99. The largest absolute Gasteiger partial charge is 0.347 e. The van der Waals surface area contributed by atoms with Gasteiger partial charge in [-0.3, -0.25) is 0 Å². The molecule has 1 aliphatic rings. The molecule has 1 saturated carbocycles. The number of nitrogens with zero attached hydrogens (tertiary/aromatic N) is 2. The zero-order valence-electron chi connectivity index (χ0n) is 18.7. The molecule has 1 fully saturated rings. The first-order valence-electron chi connectivity index (χ1n) is 11.6. The van der Waals surface area contributed by atoms with Crippen molar-refractivity contribution in [1.82, 2.24) is 9.47 Å². The number of hydrogen-bond donors (Lipinski definition) is 0. The van der Waals surface area contributed by atoms with E-state index in [9.17, 15) is 0 Å². The third kappa shape index (κ3) is 4.87. The second-order valence-corrected chi connectivity index (χ2v) is 9.22. The Labute approximate surface area is 182 Å². The predicted octanol–water partition coefficient (Wildman–Crippen LogP) is 6.93. The van der Waals surface area contributed by atoms with Crippen LogP contribution in [0.5, 0.6) is 0 Å². The Morgan fingerprint density at radius 2 is 1.83 bits per heavy atom. The van der Waals surface area contributed by atoms with Gasteiger partial charge in [0.25, 0.3) is 0 Å². The Morgan fingerprint density at radius 1 is 1.07 bits per heavy atom. The molecule has 2 atom stereocenters. The van der Waals surface area contributed by atoms with Gasteiger partial charge in [0, 0.05) is 29.7 Å². The van der Waals surface area contributed by atoms with Crippen molar-refractivity contribution in [3.05, 3.63) is 78.5 Å². The molecule has 0 N–H and O–H groups in total. The van der Waals surface area contributed by atoms with Crippen LogP contribution in [0.3, 0.4) is 0 Å². The molecule has 2 nitrogen and oxygen atoms in total. The summed E-state index contributed by atoms with van der Waals surface area (Å²) >= 11 is 0. The molecular weight excluding hydrogens is 364 g/mol. The first kappa shape index (κ1) is 20.9. The maximum Gasteiger partial charge on any atom is 0.0483 e. The Kier molecular flexibility index (Phi) is 6.74. The van der Waals surface area contributed by atoms with Crippen molar-refractivity contribution in [2.24, 2.45) is 5.92 Å². The fraction of sp³-hybridized carbons (Fsp3) is 0.429. The summed E-state index contributed by atoms with van der Waals surface area (Å²) in [5.41, 5.74) is 5.36. The molecular formula is C28H36N2. The van der Waals surface area contributed by atoms with Crippen LogP contribution in [0.15, 0.2) is 67.4 Å². The van der Waals surface area contributed by atoms with Gasteiger partial charge in [-0.2, -0.15) is 0 Å².